The van der Waals surface area contributed by atoms with Gasteiger partial charge in [-0.3, -0.25) is 11.3 Å². The van der Waals surface area contributed by atoms with Gasteiger partial charge in [-0.2, -0.15) is 0 Å². The molecule has 0 saturated carbocycles. The second-order valence-corrected chi connectivity index (χ2v) is 4.97. The minimum Gasteiger partial charge on any atom is -0.271 e. The smallest absolute Gasteiger partial charge is 0.126 e. The lowest BCUT2D eigenvalue weighted by atomic mass is 9.82. The molecule has 0 radical (unpaired) electrons. The van der Waals surface area contributed by atoms with Gasteiger partial charge in [0.25, 0.3) is 0 Å². The lowest BCUT2D eigenvalue weighted by Crippen LogP contribution is -2.36. The third-order valence-electron chi connectivity index (χ3n) is 2.56. The van der Waals surface area contributed by atoms with Gasteiger partial charge in [0.05, 0.1) is 6.04 Å². The molecule has 3 N–H and O–H groups in total. The number of hydrogen-bond donors (Lipinski definition) is 2. The fourth-order valence-corrected chi connectivity index (χ4v) is 1.63. The molecule has 0 fully saturated rings. The third-order valence-corrected chi connectivity index (χ3v) is 2.56. The highest BCUT2D eigenvalue weighted by molar-refractivity contribution is 5.26. The normalized spacial score (nSPS) is 14.0. The van der Waals surface area contributed by atoms with Crippen LogP contribution in [0.1, 0.15) is 37.9 Å². The summed E-state index contributed by atoms with van der Waals surface area (Å²) in [6.07, 6.45) is 0. The van der Waals surface area contributed by atoms with Crippen molar-refractivity contribution in [3.05, 3.63) is 35.1 Å². The van der Waals surface area contributed by atoms with Crippen LogP contribution in [0, 0.1) is 18.2 Å². The first-order valence-corrected chi connectivity index (χ1v) is 5.08. The van der Waals surface area contributed by atoms with Gasteiger partial charge in [-0.1, -0.05) is 32.9 Å². The van der Waals surface area contributed by atoms with E-state index in [9.17, 15) is 4.39 Å². The summed E-state index contributed by atoms with van der Waals surface area (Å²) in [6, 6.07) is 5.19. The fraction of sp³-hybridized carbons (Fsp3) is 0.500. The molecule has 84 valence electrons. The molecule has 0 saturated heterocycles. The Bertz CT molecular complexity index is 342. The van der Waals surface area contributed by atoms with Crippen molar-refractivity contribution in [3.8, 4) is 0 Å². The van der Waals surface area contributed by atoms with Crippen LogP contribution in [0.15, 0.2) is 18.2 Å². The quantitative estimate of drug-likeness (QED) is 0.582. The predicted octanol–water partition coefficient (Wildman–Crippen LogP) is 2.68. The summed E-state index contributed by atoms with van der Waals surface area (Å²) in [5.41, 5.74) is 4.23. The van der Waals surface area contributed by atoms with E-state index in [1.54, 1.807) is 19.1 Å². The third kappa shape index (κ3) is 2.76. The van der Waals surface area contributed by atoms with Crippen molar-refractivity contribution < 1.29 is 4.39 Å². The first kappa shape index (κ1) is 12.1. The second-order valence-electron chi connectivity index (χ2n) is 4.97. The Morgan fingerprint density at radius 1 is 1.33 bits per heavy atom. The molecule has 1 unspecified atom stereocenters. The van der Waals surface area contributed by atoms with E-state index >= 15 is 0 Å². The SMILES string of the molecule is Cc1ccc(C(NN)C(C)(C)C)cc1F. The molecular weight excluding hydrogens is 191 g/mol. The zero-order chi connectivity index (χ0) is 11.6. The molecule has 0 heterocycles. The van der Waals surface area contributed by atoms with Gasteiger partial charge in [0.15, 0.2) is 0 Å². The summed E-state index contributed by atoms with van der Waals surface area (Å²) in [5, 5.41) is 0. The zero-order valence-corrected chi connectivity index (χ0v) is 9.76. The van der Waals surface area contributed by atoms with E-state index in [-0.39, 0.29) is 17.3 Å². The molecule has 2 nitrogen and oxygen atoms in total. The highest BCUT2D eigenvalue weighted by Crippen LogP contribution is 2.32. The van der Waals surface area contributed by atoms with Crippen LogP contribution in [-0.2, 0) is 0 Å². The lowest BCUT2D eigenvalue weighted by molar-refractivity contribution is 0.275. The average molecular weight is 210 g/mol. The van der Waals surface area contributed by atoms with Crippen molar-refractivity contribution in [2.75, 3.05) is 0 Å². The van der Waals surface area contributed by atoms with E-state index in [0.717, 1.165) is 5.56 Å². The zero-order valence-electron chi connectivity index (χ0n) is 9.76. The molecule has 0 spiro atoms. The number of nitrogens with one attached hydrogen (secondary N) is 1. The van der Waals surface area contributed by atoms with Crippen LogP contribution in [0.4, 0.5) is 4.39 Å². The van der Waals surface area contributed by atoms with Gasteiger partial charge in [-0.05, 0) is 29.5 Å². The first-order valence-electron chi connectivity index (χ1n) is 5.08. The maximum Gasteiger partial charge on any atom is 0.126 e. The Morgan fingerprint density at radius 2 is 1.93 bits per heavy atom. The van der Waals surface area contributed by atoms with E-state index in [2.05, 4.69) is 26.2 Å². The van der Waals surface area contributed by atoms with Crippen LogP contribution >= 0.6 is 0 Å². The monoisotopic (exact) mass is 210 g/mol. The molecule has 0 aliphatic rings. The number of benzene rings is 1. The van der Waals surface area contributed by atoms with Crippen molar-refractivity contribution in [1.29, 1.82) is 0 Å². The van der Waals surface area contributed by atoms with Gasteiger partial charge in [-0.15, -0.1) is 0 Å². The van der Waals surface area contributed by atoms with Gasteiger partial charge in [0, 0.05) is 0 Å². The molecule has 3 heteroatoms. The minimum atomic E-state index is -0.183. The van der Waals surface area contributed by atoms with Crippen LogP contribution in [0.3, 0.4) is 0 Å². The van der Waals surface area contributed by atoms with Gasteiger partial charge in [-0.25, -0.2) is 4.39 Å². The Kier molecular flexibility index (Phi) is 3.47. The summed E-state index contributed by atoms with van der Waals surface area (Å²) >= 11 is 0. The van der Waals surface area contributed by atoms with Crippen LogP contribution in [0.25, 0.3) is 0 Å². The maximum absolute atomic E-state index is 13.4. The number of rotatable bonds is 2. The summed E-state index contributed by atoms with van der Waals surface area (Å²) in [7, 11) is 0. The van der Waals surface area contributed by atoms with Gasteiger partial charge in [0.1, 0.15) is 5.82 Å². The standard InChI is InChI=1S/C12H19FN2/c1-8-5-6-9(7-10(8)13)11(15-14)12(2,3)4/h5-7,11,15H,14H2,1-4H3. The van der Waals surface area contributed by atoms with Crippen LogP contribution < -0.4 is 11.3 Å². The highest BCUT2D eigenvalue weighted by Gasteiger charge is 2.25. The Morgan fingerprint density at radius 3 is 2.33 bits per heavy atom. The number of hydrogen-bond acceptors (Lipinski definition) is 2. The largest absolute Gasteiger partial charge is 0.271 e. The minimum absolute atomic E-state index is 0.0452. The number of aryl methyl sites for hydroxylation is 1. The molecular formula is C12H19FN2. The second kappa shape index (κ2) is 4.29. The molecule has 1 atom stereocenters. The van der Waals surface area contributed by atoms with E-state index < -0.39 is 0 Å². The predicted molar refractivity (Wildman–Crippen MR) is 60.7 cm³/mol. The van der Waals surface area contributed by atoms with Crippen molar-refractivity contribution in [2.24, 2.45) is 11.3 Å². The van der Waals surface area contributed by atoms with Gasteiger partial charge in [0.2, 0.25) is 0 Å². The van der Waals surface area contributed by atoms with Gasteiger partial charge >= 0.3 is 0 Å². The van der Waals surface area contributed by atoms with E-state index in [0.29, 0.717) is 5.56 Å². The average Bonchev–Trinajstić information content (AvgIpc) is 2.10. The molecule has 15 heavy (non-hydrogen) atoms. The molecule has 1 aromatic rings. The molecule has 1 aromatic carbocycles. The van der Waals surface area contributed by atoms with Crippen molar-refractivity contribution in [3.63, 3.8) is 0 Å². The van der Waals surface area contributed by atoms with E-state index in [1.807, 2.05) is 6.07 Å². The number of hydrazine groups is 1. The van der Waals surface area contributed by atoms with Crippen LogP contribution in [-0.4, -0.2) is 0 Å². The van der Waals surface area contributed by atoms with E-state index in [1.165, 1.54) is 0 Å². The van der Waals surface area contributed by atoms with Crippen molar-refractivity contribution in [1.82, 2.24) is 5.43 Å². The fourth-order valence-electron chi connectivity index (χ4n) is 1.63. The summed E-state index contributed by atoms with van der Waals surface area (Å²) in [5.74, 6) is 5.32. The van der Waals surface area contributed by atoms with Crippen molar-refractivity contribution in [2.45, 2.75) is 33.7 Å². The molecule has 0 bridgehead atoms. The molecule has 0 aromatic heterocycles. The molecule has 0 aliphatic carbocycles. The molecule has 1 rings (SSSR count). The van der Waals surface area contributed by atoms with Crippen LogP contribution in [0.2, 0.25) is 0 Å². The first-order chi connectivity index (χ1) is 6.86. The topological polar surface area (TPSA) is 38.0 Å². The molecule has 0 amide bonds. The Hall–Kier alpha value is -0.930. The lowest BCUT2D eigenvalue weighted by Gasteiger charge is -2.30. The highest BCUT2D eigenvalue weighted by atomic mass is 19.1. The van der Waals surface area contributed by atoms with E-state index in [4.69, 9.17) is 5.84 Å². The molecule has 0 aliphatic heterocycles. The summed E-state index contributed by atoms with van der Waals surface area (Å²) in [4.78, 5) is 0. The van der Waals surface area contributed by atoms with Gasteiger partial charge < -0.3 is 0 Å². The van der Waals surface area contributed by atoms with Crippen LogP contribution in [0.5, 0.6) is 0 Å². The maximum atomic E-state index is 13.4. The number of halogens is 1. The Labute approximate surface area is 90.6 Å². The number of nitrogens with two attached hydrogens (primary N) is 1. The summed E-state index contributed by atoms with van der Waals surface area (Å²) < 4.78 is 13.4. The Balaban J connectivity index is 3.08. The van der Waals surface area contributed by atoms with Crippen molar-refractivity contribution >= 4 is 0 Å². The summed E-state index contributed by atoms with van der Waals surface area (Å²) in [6.45, 7) is 7.95.